The third-order valence-electron chi connectivity index (χ3n) is 4.22. The van der Waals surface area contributed by atoms with E-state index in [4.69, 9.17) is 9.84 Å². The van der Waals surface area contributed by atoms with Crippen molar-refractivity contribution in [1.29, 1.82) is 0 Å². The molecular weight excluding hydrogens is 248 g/mol. The maximum Gasteiger partial charge on any atom is 0.307 e. The number of carbonyl (C=O) groups excluding carboxylic acids is 1. The fourth-order valence-electron chi connectivity index (χ4n) is 2.90. The number of nitrogens with zero attached hydrogens (tertiary/aromatic N) is 1. The highest BCUT2D eigenvalue weighted by Crippen LogP contribution is 2.58. The van der Waals surface area contributed by atoms with Gasteiger partial charge in [-0.1, -0.05) is 13.8 Å². The van der Waals surface area contributed by atoms with E-state index in [2.05, 4.69) is 10.2 Å². The molecule has 6 heteroatoms. The van der Waals surface area contributed by atoms with Gasteiger partial charge in [-0.3, -0.25) is 9.59 Å². The number of carbonyl (C=O) groups is 2. The van der Waals surface area contributed by atoms with Crippen LogP contribution in [0.1, 0.15) is 13.8 Å². The lowest BCUT2D eigenvalue weighted by Crippen LogP contribution is -2.46. The molecule has 2 fully saturated rings. The topological polar surface area (TPSA) is 78.9 Å². The van der Waals surface area contributed by atoms with Crippen molar-refractivity contribution in [3.05, 3.63) is 0 Å². The summed E-state index contributed by atoms with van der Waals surface area (Å²) in [6.45, 7) is 6.45. The average molecular weight is 270 g/mol. The third kappa shape index (κ3) is 2.90. The zero-order valence-electron chi connectivity index (χ0n) is 11.7. The molecule has 1 aliphatic heterocycles. The van der Waals surface area contributed by atoms with Gasteiger partial charge in [0.2, 0.25) is 5.91 Å². The van der Waals surface area contributed by atoms with Gasteiger partial charge in [-0.15, -0.1) is 0 Å². The van der Waals surface area contributed by atoms with Crippen LogP contribution in [0.5, 0.6) is 0 Å². The smallest absolute Gasteiger partial charge is 0.307 e. The van der Waals surface area contributed by atoms with Crippen LogP contribution >= 0.6 is 0 Å². The molecule has 0 aromatic rings. The molecule has 1 heterocycles. The summed E-state index contributed by atoms with van der Waals surface area (Å²) >= 11 is 0. The number of amides is 1. The van der Waals surface area contributed by atoms with Gasteiger partial charge < -0.3 is 20.1 Å². The van der Waals surface area contributed by atoms with Gasteiger partial charge in [-0.05, 0) is 12.5 Å². The zero-order valence-corrected chi connectivity index (χ0v) is 11.7. The van der Waals surface area contributed by atoms with Crippen LogP contribution in [0.4, 0.5) is 0 Å². The van der Waals surface area contributed by atoms with Gasteiger partial charge in [0.25, 0.3) is 0 Å². The Morgan fingerprint density at radius 2 is 2.11 bits per heavy atom. The van der Waals surface area contributed by atoms with Crippen LogP contribution < -0.4 is 5.32 Å². The maximum atomic E-state index is 12.0. The molecule has 1 saturated heterocycles. The quantitative estimate of drug-likeness (QED) is 0.739. The van der Waals surface area contributed by atoms with Crippen LogP contribution in [0.3, 0.4) is 0 Å². The van der Waals surface area contributed by atoms with Crippen molar-refractivity contribution in [3.63, 3.8) is 0 Å². The minimum atomic E-state index is -0.890. The van der Waals surface area contributed by atoms with Gasteiger partial charge in [0.15, 0.2) is 0 Å². The van der Waals surface area contributed by atoms with Crippen LogP contribution in [-0.2, 0) is 14.3 Å². The summed E-state index contributed by atoms with van der Waals surface area (Å²) in [6, 6.07) is 0. The Balaban J connectivity index is 1.81. The summed E-state index contributed by atoms with van der Waals surface area (Å²) in [5, 5.41) is 11.9. The first-order valence-electron chi connectivity index (χ1n) is 6.64. The van der Waals surface area contributed by atoms with Crippen molar-refractivity contribution in [2.45, 2.75) is 20.0 Å². The molecule has 0 radical (unpaired) electrons. The fraction of sp³-hybridized carbons (Fsp3) is 0.846. The number of carboxylic acids is 1. The standard InChI is InChI=1S/C13H22N2O4/c1-13(2)9(10(13)12(17)18)11(16)14-6-8-7-15(3)4-5-19-8/h8-10H,4-7H2,1-3H3,(H,14,16)(H,17,18). The van der Waals surface area contributed by atoms with Gasteiger partial charge >= 0.3 is 5.97 Å². The second-order valence-electron chi connectivity index (χ2n) is 6.12. The predicted molar refractivity (Wildman–Crippen MR) is 68.6 cm³/mol. The number of hydrogen-bond acceptors (Lipinski definition) is 4. The predicted octanol–water partition coefficient (Wildman–Crippen LogP) is -0.210. The van der Waals surface area contributed by atoms with E-state index in [-0.39, 0.29) is 12.0 Å². The van der Waals surface area contributed by atoms with Gasteiger partial charge in [-0.25, -0.2) is 0 Å². The number of carboxylic acid groups (broad SMARTS) is 1. The van der Waals surface area contributed by atoms with E-state index in [1.54, 1.807) is 0 Å². The minimum absolute atomic E-state index is 0.00663. The Morgan fingerprint density at radius 1 is 1.42 bits per heavy atom. The average Bonchev–Trinajstić information content (AvgIpc) is 2.90. The Kier molecular flexibility index (Phi) is 3.82. The largest absolute Gasteiger partial charge is 0.481 e. The molecule has 0 bridgehead atoms. The fourth-order valence-corrected chi connectivity index (χ4v) is 2.90. The highest BCUT2D eigenvalue weighted by molar-refractivity contribution is 5.91. The van der Waals surface area contributed by atoms with Gasteiger partial charge in [0.05, 0.1) is 24.5 Å². The first-order valence-corrected chi connectivity index (χ1v) is 6.64. The van der Waals surface area contributed by atoms with Crippen molar-refractivity contribution in [3.8, 4) is 0 Å². The summed E-state index contributed by atoms with van der Waals surface area (Å²) in [5.41, 5.74) is -0.444. The molecule has 1 aliphatic carbocycles. The Hall–Kier alpha value is -1.14. The summed E-state index contributed by atoms with van der Waals surface area (Å²) in [7, 11) is 2.02. The van der Waals surface area contributed by atoms with Crippen LogP contribution in [0.2, 0.25) is 0 Å². The van der Waals surface area contributed by atoms with E-state index in [0.29, 0.717) is 13.2 Å². The molecule has 3 unspecified atom stereocenters. The minimum Gasteiger partial charge on any atom is -0.481 e. The van der Waals surface area contributed by atoms with Crippen LogP contribution in [0.25, 0.3) is 0 Å². The van der Waals surface area contributed by atoms with E-state index in [1.807, 2.05) is 20.9 Å². The number of ether oxygens (including phenoxy) is 1. The lowest BCUT2D eigenvalue weighted by atomic mass is 10.1. The van der Waals surface area contributed by atoms with Gasteiger partial charge in [0, 0.05) is 19.6 Å². The van der Waals surface area contributed by atoms with E-state index in [9.17, 15) is 9.59 Å². The van der Waals surface area contributed by atoms with E-state index < -0.39 is 23.2 Å². The molecular formula is C13H22N2O4. The van der Waals surface area contributed by atoms with Crippen molar-refractivity contribution in [2.24, 2.45) is 17.3 Å². The number of aliphatic carboxylic acids is 1. The lowest BCUT2D eigenvalue weighted by molar-refractivity contribution is -0.140. The van der Waals surface area contributed by atoms with Crippen molar-refractivity contribution in [1.82, 2.24) is 10.2 Å². The maximum absolute atomic E-state index is 12.0. The zero-order chi connectivity index (χ0) is 14.2. The van der Waals surface area contributed by atoms with E-state index >= 15 is 0 Å². The molecule has 1 saturated carbocycles. The first kappa shape index (κ1) is 14.3. The second kappa shape index (κ2) is 5.09. The second-order valence-corrected chi connectivity index (χ2v) is 6.12. The number of hydrogen-bond donors (Lipinski definition) is 2. The molecule has 0 aromatic carbocycles. The molecule has 19 heavy (non-hydrogen) atoms. The summed E-state index contributed by atoms with van der Waals surface area (Å²) in [5.74, 6) is -2.05. The molecule has 0 spiro atoms. The summed E-state index contributed by atoms with van der Waals surface area (Å²) in [6.07, 6.45) is -0.00663. The highest BCUT2D eigenvalue weighted by Gasteiger charge is 2.65. The van der Waals surface area contributed by atoms with E-state index in [1.165, 1.54) is 0 Å². The SMILES string of the molecule is CN1CCOC(CNC(=O)C2C(C(=O)O)C2(C)C)C1. The van der Waals surface area contributed by atoms with Crippen LogP contribution in [-0.4, -0.2) is 61.3 Å². The van der Waals surface area contributed by atoms with Crippen molar-refractivity contribution >= 4 is 11.9 Å². The van der Waals surface area contributed by atoms with Crippen LogP contribution in [0, 0.1) is 17.3 Å². The Labute approximate surface area is 113 Å². The highest BCUT2D eigenvalue weighted by atomic mass is 16.5. The molecule has 3 atom stereocenters. The number of nitrogens with one attached hydrogen (secondary N) is 1. The van der Waals surface area contributed by atoms with Gasteiger partial charge in [0.1, 0.15) is 0 Å². The molecule has 108 valence electrons. The Morgan fingerprint density at radius 3 is 2.63 bits per heavy atom. The third-order valence-corrected chi connectivity index (χ3v) is 4.22. The lowest BCUT2D eigenvalue weighted by Gasteiger charge is -2.30. The first-order chi connectivity index (χ1) is 8.84. The normalized spacial score (nSPS) is 33.7. The number of likely N-dealkylation sites (N-methyl/N-ethyl adjacent to an activating group) is 1. The molecule has 2 aliphatic rings. The number of morpholine rings is 1. The Bertz CT molecular complexity index is 383. The van der Waals surface area contributed by atoms with Gasteiger partial charge in [-0.2, -0.15) is 0 Å². The molecule has 0 aromatic heterocycles. The molecule has 2 rings (SSSR count). The molecule has 6 nitrogen and oxygen atoms in total. The van der Waals surface area contributed by atoms with Crippen molar-refractivity contribution < 1.29 is 19.4 Å². The monoisotopic (exact) mass is 270 g/mol. The molecule has 1 amide bonds. The van der Waals surface area contributed by atoms with Crippen LogP contribution in [0.15, 0.2) is 0 Å². The summed E-state index contributed by atoms with van der Waals surface area (Å²) < 4.78 is 5.55. The summed E-state index contributed by atoms with van der Waals surface area (Å²) in [4.78, 5) is 25.2. The number of rotatable bonds is 4. The van der Waals surface area contributed by atoms with Crippen molar-refractivity contribution in [2.75, 3.05) is 33.3 Å². The van der Waals surface area contributed by atoms with E-state index in [0.717, 1.165) is 13.1 Å². The molecule has 2 N–H and O–H groups in total.